The summed E-state index contributed by atoms with van der Waals surface area (Å²) < 4.78 is 25.5. The summed E-state index contributed by atoms with van der Waals surface area (Å²) >= 11 is 0. The third-order valence-electron chi connectivity index (χ3n) is 12.2. The van der Waals surface area contributed by atoms with Crippen LogP contribution in [0, 0.1) is 23.7 Å². The zero-order valence-electron chi connectivity index (χ0n) is 37.4. The van der Waals surface area contributed by atoms with Gasteiger partial charge in [-0.05, 0) is 87.4 Å². The molecule has 0 aromatic rings. The lowest BCUT2D eigenvalue weighted by molar-refractivity contribution is -0.139. The fraction of sp³-hybridized carbons (Fsp3) is 0.809. The summed E-state index contributed by atoms with van der Waals surface area (Å²) in [5.41, 5.74) is 0.709. The van der Waals surface area contributed by atoms with Gasteiger partial charge >= 0.3 is 5.97 Å². The lowest BCUT2D eigenvalue weighted by Gasteiger charge is -2.41. The van der Waals surface area contributed by atoms with Crippen molar-refractivity contribution in [1.29, 1.82) is 0 Å². The minimum absolute atomic E-state index is 0.0198. The summed E-state index contributed by atoms with van der Waals surface area (Å²) in [6.45, 7) is 26.9. The predicted molar refractivity (Wildman–Crippen MR) is 236 cm³/mol. The van der Waals surface area contributed by atoms with E-state index in [0.717, 1.165) is 32.1 Å². The van der Waals surface area contributed by atoms with Crippen molar-refractivity contribution in [1.82, 2.24) is 0 Å². The number of unbranched alkanes of at least 4 members (excludes halogenated alkanes) is 11. The van der Waals surface area contributed by atoms with Crippen molar-refractivity contribution in [3.05, 3.63) is 23.8 Å². The maximum atomic E-state index is 12.3. The van der Waals surface area contributed by atoms with Crippen LogP contribution in [0.5, 0.6) is 0 Å². The Morgan fingerprint density at radius 3 is 1.98 bits per heavy atom. The van der Waals surface area contributed by atoms with Crippen LogP contribution in [0.25, 0.3) is 0 Å². The normalized spacial score (nSPS) is 21.1. The number of rotatable bonds is 23. The molecule has 2 aliphatic heterocycles. The van der Waals surface area contributed by atoms with Crippen LogP contribution in [0.2, 0.25) is 36.3 Å². The van der Waals surface area contributed by atoms with E-state index in [0.29, 0.717) is 24.8 Å². The average molecular weight is 799 g/mol. The van der Waals surface area contributed by atoms with Crippen LogP contribution in [0.3, 0.4) is 0 Å². The third kappa shape index (κ3) is 18.6. The quantitative estimate of drug-likeness (QED) is 0.0480. The summed E-state index contributed by atoms with van der Waals surface area (Å²) in [4.78, 5) is 12.3. The number of aliphatic hydroxyl groups excluding tert-OH is 1. The SMILES string of the molecule is CCCCCCCCCCCC[C@@H](O[Si](C)(C)C(C)(C)C)[C@H]1CC[C@H]([C@H](O)C#CCCCC#C/C=C/C[C@H](CC2=C[C@H](C)OC2=O)O[Si](C)(C)C(C)(C)C)O1. The molecule has 0 saturated carbocycles. The van der Waals surface area contributed by atoms with Crippen LogP contribution in [0.15, 0.2) is 23.8 Å². The van der Waals surface area contributed by atoms with E-state index in [-0.39, 0.29) is 46.6 Å². The molecule has 0 bridgehead atoms. The highest BCUT2D eigenvalue weighted by atomic mass is 28.4. The van der Waals surface area contributed by atoms with E-state index in [1.807, 2.05) is 19.1 Å². The van der Waals surface area contributed by atoms with Crippen LogP contribution in [-0.2, 0) is 23.1 Å². The Labute approximate surface area is 341 Å². The van der Waals surface area contributed by atoms with Gasteiger partial charge in [-0.1, -0.05) is 137 Å². The van der Waals surface area contributed by atoms with Crippen molar-refractivity contribution in [2.24, 2.45) is 0 Å². The van der Waals surface area contributed by atoms with E-state index < -0.39 is 22.7 Å². The van der Waals surface area contributed by atoms with E-state index in [2.05, 4.69) is 104 Å². The van der Waals surface area contributed by atoms with Gasteiger partial charge in [0.2, 0.25) is 0 Å². The second-order valence-corrected chi connectivity index (χ2v) is 28.8. The topological polar surface area (TPSA) is 74.2 Å². The maximum Gasteiger partial charge on any atom is 0.334 e. The molecule has 314 valence electrons. The molecule has 6 atom stereocenters. The molecule has 6 nitrogen and oxygen atoms in total. The molecule has 8 heteroatoms. The van der Waals surface area contributed by atoms with Crippen molar-refractivity contribution >= 4 is 22.6 Å². The van der Waals surface area contributed by atoms with Gasteiger partial charge in [-0.25, -0.2) is 4.79 Å². The van der Waals surface area contributed by atoms with Gasteiger partial charge in [-0.15, -0.1) is 5.92 Å². The number of aliphatic hydroxyl groups is 1. The molecule has 0 spiro atoms. The van der Waals surface area contributed by atoms with Crippen LogP contribution in [0.1, 0.15) is 171 Å². The van der Waals surface area contributed by atoms with Crippen molar-refractivity contribution in [2.75, 3.05) is 0 Å². The molecule has 0 amide bonds. The van der Waals surface area contributed by atoms with Gasteiger partial charge in [0.25, 0.3) is 0 Å². The van der Waals surface area contributed by atoms with Crippen molar-refractivity contribution in [3.63, 3.8) is 0 Å². The largest absolute Gasteiger partial charge is 0.455 e. The Kier molecular flexibility index (Phi) is 21.9. The van der Waals surface area contributed by atoms with Crippen molar-refractivity contribution < 1.29 is 28.2 Å². The molecule has 0 unspecified atom stereocenters. The monoisotopic (exact) mass is 799 g/mol. The molecule has 0 aromatic heterocycles. The predicted octanol–water partition coefficient (Wildman–Crippen LogP) is 12.4. The highest BCUT2D eigenvalue weighted by Crippen LogP contribution is 2.41. The Hall–Kier alpha value is -1.66. The fourth-order valence-electron chi connectivity index (χ4n) is 6.64. The van der Waals surface area contributed by atoms with E-state index in [4.69, 9.17) is 18.3 Å². The molecule has 2 aliphatic rings. The van der Waals surface area contributed by atoms with Gasteiger partial charge < -0.3 is 23.4 Å². The van der Waals surface area contributed by atoms with E-state index >= 15 is 0 Å². The Bertz CT molecular complexity index is 1310. The van der Waals surface area contributed by atoms with Gasteiger partial charge in [0.1, 0.15) is 12.2 Å². The molecule has 1 N–H and O–H groups in total. The van der Waals surface area contributed by atoms with Crippen LogP contribution >= 0.6 is 0 Å². The summed E-state index contributed by atoms with van der Waals surface area (Å²) in [7, 11) is -3.99. The van der Waals surface area contributed by atoms with Gasteiger partial charge in [-0.2, -0.15) is 0 Å². The van der Waals surface area contributed by atoms with Gasteiger partial charge in [-0.3, -0.25) is 0 Å². The molecule has 0 aliphatic carbocycles. The molecule has 2 rings (SSSR count). The maximum absolute atomic E-state index is 12.3. The summed E-state index contributed by atoms with van der Waals surface area (Å²) in [5.74, 6) is 12.4. The molecule has 55 heavy (non-hydrogen) atoms. The Morgan fingerprint density at radius 1 is 0.836 bits per heavy atom. The number of hydrogen-bond donors (Lipinski definition) is 1. The molecule has 1 fully saturated rings. The summed E-state index contributed by atoms with van der Waals surface area (Å²) in [6, 6.07) is 0. The summed E-state index contributed by atoms with van der Waals surface area (Å²) in [5, 5.41) is 11.2. The minimum atomic E-state index is -2.02. The lowest BCUT2D eigenvalue weighted by atomic mass is 10.0. The number of carbonyl (C=O) groups excluding carboxylic acids is 1. The first-order chi connectivity index (χ1) is 25.8. The molecule has 0 radical (unpaired) electrons. The fourth-order valence-corrected chi connectivity index (χ4v) is 9.39. The molecular formula is C47H82O6Si2. The first-order valence-corrected chi connectivity index (χ1v) is 27.8. The molecule has 2 heterocycles. The van der Waals surface area contributed by atoms with Gasteiger partial charge in [0.15, 0.2) is 16.6 Å². The van der Waals surface area contributed by atoms with Crippen LogP contribution in [0.4, 0.5) is 0 Å². The molecule has 1 saturated heterocycles. The average Bonchev–Trinajstić information content (AvgIpc) is 3.70. The number of ether oxygens (including phenoxy) is 2. The third-order valence-corrected chi connectivity index (χ3v) is 21.2. The number of carbonyl (C=O) groups is 1. The molecule has 0 aromatic carbocycles. The summed E-state index contributed by atoms with van der Waals surface area (Å²) in [6.07, 6.45) is 24.2. The number of hydrogen-bond acceptors (Lipinski definition) is 6. The first kappa shape index (κ1) is 49.5. The van der Waals surface area contributed by atoms with E-state index in [1.54, 1.807) is 0 Å². The lowest BCUT2D eigenvalue weighted by Crippen LogP contribution is -2.47. The van der Waals surface area contributed by atoms with Gasteiger partial charge in [0, 0.05) is 24.8 Å². The van der Waals surface area contributed by atoms with Crippen molar-refractivity contribution in [2.45, 2.75) is 244 Å². The van der Waals surface area contributed by atoms with E-state index in [1.165, 1.54) is 64.2 Å². The second-order valence-electron chi connectivity index (χ2n) is 19.3. The van der Waals surface area contributed by atoms with Crippen LogP contribution < -0.4 is 0 Å². The first-order valence-electron chi connectivity index (χ1n) is 22.0. The number of esters is 1. The highest BCUT2D eigenvalue weighted by molar-refractivity contribution is 6.74. The Morgan fingerprint density at radius 2 is 1.40 bits per heavy atom. The molecular weight excluding hydrogens is 717 g/mol. The minimum Gasteiger partial charge on any atom is -0.455 e. The van der Waals surface area contributed by atoms with Crippen molar-refractivity contribution in [3.8, 4) is 23.7 Å². The second kappa shape index (κ2) is 24.3. The van der Waals surface area contributed by atoms with Gasteiger partial charge in [0.05, 0.1) is 24.4 Å². The standard InChI is InChI=1S/C47H82O6Si2/c1-13-14-15-16-17-18-19-24-27-30-33-44(53-55(11,12)47(6,7)8)43-35-34-42(51-43)41(48)32-29-26-23-21-20-22-25-28-31-40(52-54(9,10)46(3,4)5)37-39-36-38(2)50-45(39)49/h25,28,36,38,40-44,48H,13-19,21,23-24,26-27,30-31,33-35,37H2,1-12H3/b28-25+/t38-,40+,41+,42+,43+,44+/m0/s1. The highest BCUT2D eigenvalue weighted by Gasteiger charge is 2.43. The zero-order chi connectivity index (χ0) is 41.1. The number of allylic oxidation sites excluding steroid dienone is 1. The number of cyclic esters (lactones) is 1. The van der Waals surface area contributed by atoms with Crippen LogP contribution in [-0.4, -0.2) is 64.3 Å². The smallest absolute Gasteiger partial charge is 0.334 e. The Balaban J connectivity index is 1.82. The zero-order valence-corrected chi connectivity index (χ0v) is 39.4. The van der Waals surface area contributed by atoms with E-state index in [9.17, 15) is 9.90 Å².